The minimum Gasteiger partial charge on any atom is -0.524 e. The summed E-state index contributed by atoms with van der Waals surface area (Å²) in [5.41, 5.74) is 19.0. The summed E-state index contributed by atoms with van der Waals surface area (Å²) in [6.07, 6.45) is 3.60. The predicted molar refractivity (Wildman–Crippen MR) is 457 cm³/mol. The van der Waals surface area contributed by atoms with E-state index in [1.807, 2.05) is 147 Å². The third-order valence-electron chi connectivity index (χ3n) is 22.3. The molecule has 0 N–H and O–H groups in total. The number of rotatable bonds is 18. The summed E-state index contributed by atoms with van der Waals surface area (Å²) < 4.78 is 60.9. The summed E-state index contributed by atoms with van der Waals surface area (Å²) >= 11 is 0. The quantitative estimate of drug-likeness (QED) is 0.0586. The molecule has 0 radical (unpaired) electrons. The number of benzene rings is 4. The Bertz CT molecular complexity index is 6210. The minimum atomic E-state index is -0.432. The first-order valence-corrected chi connectivity index (χ1v) is 40.1. The SMILES string of the molecule is CC1(C)c2cccc(-c3[c-]cc(Oc4ccccc4)nc3Oc3ccccc3)[n+]2C[n+]2c(-c3[c-]cc(Oc4ccccc4)nc3Oc3ccccc3)cccc21.COc1c[c-]c(-c2cccc3[n+]2C[n+]2c(-c4[c-]cc(OC)nc4OC)cccc2C3(C)C)c(OC)n1.Cc1ncc[c-]c1-c1cccc2[n+]1C[n+]1c(-c3[c-]ccnc3C)cccc1C2(C)C.[Pt+2].[Pt+2].[Pt+2]. The molecule has 15 heterocycles. The van der Waals surface area contributed by atoms with Gasteiger partial charge in [-0.05, 0) is 160 Å². The molecule has 23 heteroatoms. The molecule has 0 bridgehead atoms. The second kappa shape index (κ2) is 38.1. The van der Waals surface area contributed by atoms with Gasteiger partial charge in [-0.3, -0.25) is 19.9 Å². The second-order valence-electron chi connectivity index (χ2n) is 30.9. The number of aromatic nitrogens is 12. The van der Waals surface area contributed by atoms with Crippen molar-refractivity contribution in [2.75, 3.05) is 28.4 Å². The van der Waals surface area contributed by atoms with Crippen LogP contribution in [-0.2, 0) is 99.4 Å². The van der Waals surface area contributed by atoms with Crippen molar-refractivity contribution >= 4 is 0 Å². The van der Waals surface area contributed by atoms with Crippen molar-refractivity contribution in [3.63, 3.8) is 0 Å². The largest absolute Gasteiger partial charge is 2.00 e. The van der Waals surface area contributed by atoms with E-state index in [2.05, 4.69) is 234 Å². The van der Waals surface area contributed by atoms with Gasteiger partial charge in [-0.1, -0.05) is 171 Å². The van der Waals surface area contributed by atoms with Crippen LogP contribution < -0.4 is 65.3 Å². The van der Waals surface area contributed by atoms with E-state index < -0.39 is 5.41 Å². The maximum Gasteiger partial charge on any atom is 2.00 e. The topological polar surface area (TPSA) is 174 Å². The first-order valence-electron chi connectivity index (χ1n) is 40.1. The molecular weight excluding hydrogens is 2110 g/mol. The van der Waals surface area contributed by atoms with Crippen LogP contribution in [0.3, 0.4) is 0 Å². The number of ether oxygens (including phenoxy) is 8. The Labute approximate surface area is 771 Å². The van der Waals surface area contributed by atoms with Crippen molar-refractivity contribution in [1.29, 1.82) is 0 Å². The molecule has 0 unspecified atom stereocenters. The summed E-state index contributed by atoms with van der Waals surface area (Å²) in [5, 5.41) is 0. The minimum absolute atomic E-state index is 0. The normalized spacial score (nSPS) is 12.9. The smallest absolute Gasteiger partial charge is 0.524 e. The number of methoxy groups -OCH3 is 4. The van der Waals surface area contributed by atoms with E-state index in [-0.39, 0.29) is 74.0 Å². The molecule has 4 aromatic carbocycles. The van der Waals surface area contributed by atoms with Crippen LogP contribution in [0.25, 0.3) is 67.5 Å². The van der Waals surface area contributed by atoms with E-state index in [1.165, 1.54) is 11.4 Å². The predicted octanol–water partition coefficient (Wildman–Crippen LogP) is 17.2. The first-order chi connectivity index (χ1) is 59.4. The van der Waals surface area contributed by atoms with E-state index in [0.29, 0.717) is 101 Å². The monoisotopic (exact) mass is 2190 g/mol. The summed E-state index contributed by atoms with van der Waals surface area (Å²) in [4.78, 5) is 27.7. The molecule has 628 valence electrons. The van der Waals surface area contributed by atoms with Crippen LogP contribution in [0.5, 0.6) is 70.0 Å². The fourth-order valence-corrected chi connectivity index (χ4v) is 16.4. The molecule has 19 rings (SSSR count). The van der Waals surface area contributed by atoms with Gasteiger partial charge in [0.1, 0.15) is 120 Å². The molecule has 0 spiro atoms. The molecule has 3 aliphatic rings. The number of hydrogen-bond acceptors (Lipinski definition) is 14. The van der Waals surface area contributed by atoms with Crippen molar-refractivity contribution in [3.05, 3.63) is 361 Å². The van der Waals surface area contributed by atoms with Crippen molar-refractivity contribution < 1.29 is 128 Å². The van der Waals surface area contributed by atoms with Crippen LogP contribution in [0.4, 0.5) is 0 Å². The van der Waals surface area contributed by atoms with E-state index in [0.717, 1.165) is 90.6 Å². The number of nitrogens with zero attached hydrogens (tertiary/aromatic N) is 12. The maximum atomic E-state index is 6.49. The van der Waals surface area contributed by atoms with Gasteiger partial charge in [0.25, 0.3) is 0 Å². The number of hydrogen-bond donors (Lipinski definition) is 0. The van der Waals surface area contributed by atoms with Gasteiger partial charge in [-0.25, -0.2) is 0 Å². The Balaban J connectivity index is 0.000000160. The molecule has 20 nitrogen and oxygen atoms in total. The molecule has 125 heavy (non-hydrogen) atoms. The molecule has 0 amide bonds. The van der Waals surface area contributed by atoms with Gasteiger partial charge in [-0.15, -0.1) is 48.5 Å². The fourth-order valence-electron chi connectivity index (χ4n) is 16.4. The van der Waals surface area contributed by atoms with Crippen LogP contribution >= 0.6 is 0 Å². The number of para-hydroxylation sites is 4. The van der Waals surface area contributed by atoms with E-state index in [9.17, 15) is 0 Å². The van der Waals surface area contributed by atoms with Crippen molar-refractivity contribution in [2.24, 2.45) is 0 Å². The summed E-state index contributed by atoms with van der Waals surface area (Å²) in [7, 11) is 6.35. The van der Waals surface area contributed by atoms with Crippen molar-refractivity contribution in [1.82, 2.24) is 29.9 Å². The molecule has 0 saturated heterocycles. The van der Waals surface area contributed by atoms with E-state index >= 15 is 0 Å². The van der Waals surface area contributed by atoms with Gasteiger partial charge in [0.05, 0.1) is 28.4 Å². The Morgan fingerprint density at radius 1 is 0.264 bits per heavy atom. The summed E-state index contributed by atoms with van der Waals surface area (Å²) in [6, 6.07) is 108. The van der Waals surface area contributed by atoms with Crippen LogP contribution in [0, 0.1) is 50.2 Å². The zero-order valence-corrected chi connectivity index (χ0v) is 77.6. The van der Waals surface area contributed by atoms with Gasteiger partial charge in [-0.2, -0.15) is 27.4 Å². The van der Waals surface area contributed by atoms with Crippen LogP contribution in [-0.4, -0.2) is 58.3 Å². The van der Waals surface area contributed by atoms with Crippen molar-refractivity contribution in [3.8, 4) is 138 Å². The standard InChI is InChI=1S/C48H36N4O4.C28H28N4O4.C26H24N4.3Pt/c1-48(2)42-27-15-25-40(38-29-31-44(53-34-17-7-3-8-18-34)49-46(38)55-36-21-11-5-12-22-36)51(42)33-52-41(26-16-28-43(48)52)39-30-32-45(54-35-19-9-4-10-20-35)50-47(39)56-37-23-13-6-14-24-37;1-28(2)22-11-7-9-20(18-13-15-24(33-3)29-26(18)35-5)31(22)17-32-21(10-8-12-23(28)32)19-14-16-25(34-4)30-27(19)36-6;1-18-20(9-7-15-27-18)22-11-5-13-24-26(3,4)25-14-6-12-23(30(25)17-29(22)24)21-10-8-16-28-19(21)2;;;/h3-28,31-32H,33H2,1-2H3;7-12,15-16H,17H2,1-6H3;5-8,11-16H,17H2,1-4H3;;;/q;;;3*+2. The summed E-state index contributed by atoms with van der Waals surface area (Å²) in [5.74, 6) is 5.92. The first kappa shape index (κ1) is 88.5. The molecule has 0 saturated carbocycles. The molecule has 12 aromatic heterocycles. The van der Waals surface area contributed by atoms with Crippen LogP contribution in [0.15, 0.2) is 279 Å². The number of pyridine rings is 12. The Morgan fingerprint density at radius 3 is 0.760 bits per heavy atom. The average molecular weight is 2200 g/mol. The molecule has 0 aliphatic carbocycles. The van der Waals surface area contributed by atoms with Crippen molar-refractivity contribution in [2.45, 2.75) is 91.6 Å². The van der Waals surface area contributed by atoms with Gasteiger partial charge < -0.3 is 47.9 Å². The van der Waals surface area contributed by atoms with Crippen LogP contribution in [0.2, 0.25) is 0 Å². The third-order valence-corrected chi connectivity index (χ3v) is 22.3. The Morgan fingerprint density at radius 2 is 0.504 bits per heavy atom. The molecule has 3 aliphatic heterocycles. The average Bonchev–Trinajstić information content (AvgIpc) is 0.604. The fraction of sp³-hybridized carbons (Fsp3) is 0.176. The zero-order valence-electron chi connectivity index (χ0n) is 70.8. The van der Waals surface area contributed by atoms with Gasteiger partial charge in [0.2, 0.25) is 0 Å². The van der Waals surface area contributed by atoms with E-state index in [4.69, 9.17) is 47.9 Å². The van der Waals surface area contributed by atoms with Crippen LogP contribution in [0.1, 0.15) is 87.1 Å². The van der Waals surface area contributed by atoms with Gasteiger partial charge >= 0.3 is 83.2 Å². The maximum absolute atomic E-state index is 6.49. The molecular formula is C102H88N12O8Pt3+6. The third kappa shape index (κ3) is 17.7. The number of fused-ring (bicyclic) bond motifs is 6. The van der Waals surface area contributed by atoms with E-state index in [1.54, 1.807) is 65.1 Å². The molecule has 0 fully saturated rings. The van der Waals surface area contributed by atoms with Gasteiger partial charge in [0, 0.05) is 36.4 Å². The molecule has 16 aromatic rings. The van der Waals surface area contributed by atoms with Gasteiger partial charge in [0.15, 0.2) is 34.2 Å². The summed E-state index contributed by atoms with van der Waals surface area (Å²) in [6.45, 7) is 19.3. The molecule has 0 atom stereocenters. The Kier molecular flexibility index (Phi) is 27.0. The zero-order chi connectivity index (χ0) is 84.2. The number of aryl methyl sites for hydroxylation is 2. The second-order valence-corrected chi connectivity index (χ2v) is 30.9. The Hall–Kier alpha value is -12.9.